The van der Waals surface area contributed by atoms with E-state index in [1.165, 1.54) is 31.7 Å². The van der Waals surface area contributed by atoms with Gasteiger partial charge < -0.3 is 10.2 Å². The van der Waals surface area contributed by atoms with Crippen molar-refractivity contribution in [3.63, 3.8) is 0 Å². The predicted molar refractivity (Wildman–Crippen MR) is 81.8 cm³/mol. The maximum Gasteiger partial charge on any atom is 0.225 e. The van der Waals surface area contributed by atoms with Crippen molar-refractivity contribution in [3.8, 4) is 0 Å². The minimum atomic E-state index is -0.384. The number of nitrogens with zero attached hydrogens (tertiary/aromatic N) is 1. The van der Waals surface area contributed by atoms with Crippen molar-refractivity contribution in [2.75, 3.05) is 25.0 Å². The van der Waals surface area contributed by atoms with E-state index in [1.54, 1.807) is 18.2 Å². The van der Waals surface area contributed by atoms with Gasteiger partial charge in [-0.1, -0.05) is 25.0 Å². The highest BCUT2D eigenvalue weighted by atomic mass is 35.5. The van der Waals surface area contributed by atoms with Gasteiger partial charge in [0.05, 0.1) is 5.69 Å². The van der Waals surface area contributed by atoms with Crippen LogP contribution in [0.1, 0.15) is 32.1 Å². The molecule has 2 rings (SSSR count). The Labute approximate surface area is 125 Å². The average Bonchev–Trinajstić information content (AvgIpc) is 2.68. The molecule has 0 atom stereocenters. The Bertz CT molecular complexity index is 420. The summed E-state index contributed by atoms with van der Waals surface area (Å²) in [6, 6.07) is 6.26. The van der Waals surface area contributed by atoms with Crippen LogP contribution in [0.4, 0.5) is 10.1 Å². The van der Waals surface area contributed by atoms with Crippen molar-refractivity contribution in [2.45, 2.75) is 32.1 Å². The zero-order chi connectivity index (χ0) is 13.5. The largest absolute Gasteiger partial charge is 0.324 e. The Hall–Kier alpha value is -1.13. The van der Waals surface area contributed by atoms with E-state index < -0.39 is 0 Å². The van der Waals surface area contributed by atoms with Gasteiger partial charge in [-0.25, -0.2) is 4.39 Å². The molecule has 0 spiro atoms. The highest BCUT2D eigenvalue weighted by Crippen LogP contribution is 2.13. The summed E-state index contributed by atoms with van der Waals surface area (Å²) in [5.41, 5.74) is 0.267. The van der Waals surface area contributed by atoms with E-state index in [9.17, 15) is 9.18 Å². The zero-order valence-electron chi connectivity index (χ0n) is 11.6. The molecule has 1 saturated heterocycles. The first kappa shape index (κ1) is 16.9. The van der Waals surface area contributed by atoms with E-state index >= 15 is 0 Å². The standard InChI is InChI=1S/C15H21FN2O.ClH/c16-13-7-3-4-8-14(13)17-15(19)9-12-18-10-5-1-2-6-11-18;/h3-4,7-8H,1-2,5-6,9-12H2,(H,17,19);1H. The monoisotopic (exact) mass is 300 g/mol. The van der Waals surface area contributed by atoms with E-state index in [4.69, 9.17) is 0 Å². The van der Waals surface area contributed by atoms with E-state index in [2.05, 4.69) is 10.2 Å². The second-order valence-electron chi connectivity index (χ2n) is 5.03. The van der Waals surface area contributed by atoms with Crippen LogP contribution in [0.5, 0.6) is 0 Å². The van der Waals surface area contributed by atoms with E-state index in [0.717, 1.165) is 19.6 Å². The maximum atomic E-state index is 13.4. The van der Waals surface area contributed by atoms with Crippen molar-refractivity contribution in [3.05, 3.63) is 30.1 Å². The molecule has 3 nitrogen and oxygen atoms in total. The number of hydrogen-bond acceptors (Lipinski definition) is 2. The number of anilines is 1. The molecule has 112 valence electrons. The van der Waals surface area contributed by atoms with Gasteiger partial charge in [-0.2, -0.15) is 0 Å². The first-order chi connectivity index (χ1) is 9.25. The first-order valence-electron chi connectivity index (χ1n) is 7.02. The highest BCUT2D eigenvalue weighted by molar-refractivity contribution is 5.90. The molecule has 1 aliphatic rings. The molecule has 1 aromatic carbocycles. The lowest BCUT2D eigenvalue weighted by Gasteiger charge is -2.19. The zero-order valence-corrected chi connectivity index (χ0v) is 12.4. The number of rotatable bonds is 4. The van der Waals surface area contributed by atoms with Crippen LogP contribution in [0, 0.1) is 5.82 Å². The van der Waals surface area contributed by atoms with Gasteiger partial charge in [0.1, 0.15) is 5.82 Å². The summed E-state index contributed by atoms with van der Waals surface area (Å²) in [5, 5.41) is 2.62. The summed E-state index contributed by atoms with van der Waals surface area (Å²) in [5.74, 6) is -0.500. The van der Waals surface area contributed by atoms with E-state index in [-0.39, 0.29) is 29.8 Å². The van der Waals surface area contributed by atoms with E-state index in [0.29, 0.717) is 6.42 Å². The summed E-state index contributed by atoms with van der Waals surface area (Å²) in [6.07, 6.45) is 5.44. The van der Waals surface area contributed by atoms with Gasteiger partial charge >= 0.3 is 0 Å². The second kappa shape index (κ2) is 8.93. The molecule has 1 fully saturated rings. The van der Waals surface area contributed by atoms with Gasteiger partial charge in [-0.3, -0.25) is 4.79 Å². The Morgan fingerprint density at radius 2 is 1.80 bits per heavy atom. The van der Waals surface area contributed by atoms with Crippen LogP contribution in [0.3, 0.4) is 0 Å². The topological polar surface area (TPSA) is 32.3 Å². The smallest absolute Gasteiger partial charge is 0.225 e. The van der Waals surface area contributed by atoms with Crippen molar-refractivity contribution in [1.29, 1.82) is 0 Å². The third kappa shape index (κ3) is 5.47. The fraction of sp³-hybridized carbons (Fsp3) is 0.533. The van der Waals surface area contributed by atoms with Crippen LogP contribution < -0.4 is 5.32 Å². The third-order valence-corrected chi connectivity index (χ3v) is 3.50. The molecule has 0 saturated carbocycles. The van der Waals surface area contributed by atoms with Crippen LogP contribution in [0.2, 0.25) is 0 Å². The normalized spacial score (nSPS) is 16.1. The molecular formula is C15H22ClFN2O. The maximum absolute atomic E-state index is 13.4. The number of benzene rings is 1. The summed E-state index contributed by atoms with van der Waals surface area (Å²) >= 11 is 0. The fourth-order valence-electron chi connectivity index (χ4n) is 2.39. The Kier molecular flexibility index (Phi) is 7.55. The molecule has 0 aliphatic carbocycles. The predicted octanol–water partition coefficient (Wildman–Crippen LogP) is 3.45. The summed E-state index contributed by atoms with van der Waals surface area (Å²) in [4.78, 5) is 14.1. The molecule has 0 radical (unpaired) electrons. The van der Waals surface area contributed by atoms with Crippen LogP contribution in [0.25, 0.3) is 0 Å². The first-order valence-corrected chi connectivity index (χ1v) is 7.02. The summed E-state index contributed by atoms with van der Waals surface area (Å²) < 4.78 is 13.4. The van der Waals surface area contributed by atoms with Gasteiger partial charge in [-0.15, -0.1) is 12.4 Å². The molecule has 20 heavy (non-hydrogen) atoms. The Balaban J connectivity index is 0.00000200. The van der Waals surface area contributed by atoms with Crippen LogP contribution in [-0.4, -0.2) is 30.4 Å². The SMILES string of the molecule is Cl.O=C(CCN1CCCCCC1)Nc1ccccc1F. The van der Waals surface area contributed by atoms with Gasteiger partial charge in [0, 0.05) is 13.0 Å². The lowest BCUT2D eigenvalue weighted by Crippen LogP contribution is -2.28. The van der Waals surface area contributed by atoms with E-state index in [1.807, 2.05) is 0 Å². The fourth-order valence-corrected chi connectivity index (χ4v) is 2.39. The van der Waals surface area contributed by atoms with Crippen molar-refractivity contribution in [2.24, 2.45) is 0 Å². The third-order valence-electron chi connectivity index (χ3n) is 3.50. The molecule has 5 heteroatoms. The van der Waals surface area contributed by atoms with Gasteiger partial charge in [0.25, 0.3) is 0 Å². The number of para-hydroxylation sites is 1. The molecule has 1 amide bonds. The van der Waals surface area contributed by atoms with Crippen molar-refractivity contribution >= 4 is 24.0 Å². The summed E-state index contributed by atoms with van der Waals surface area (Å²) in [6.45, 7) is 2.92. The quantitative estimate of drug-likeness (QED) is 0.923. The van der Waals surface area contributed by atoms with Gasteiger partial charge in [0.2, 0.25) is 5.91 Å². The molecule has 0 unspecified atom stereocenters. The highest BCUT2D eigenvalue weighted by Gasteiger charge is 2.11. The molecular weight excluding hydrogens is 279 g/mol. The number of carbonyl (C=O) groups is 1. The lowest BCUT2D eigenvalue weighted by molar-refractivity contribution is -0.116. The molecule has 1 aromatic rings. The molecule has 1 aliphatic heterocycles. The minimum Gasteiger partial charge on any atom is -0.324 e. The van der Waals surface area contributed by atoms with Gasteiger partial charge in [0.15, 0.2) is 0 Å². The summed E-state index contributed by atoms with van der Waals surface area (Å²) in [7, 11) is 0. The lowest BCUT2D eigenvalue weighted by atomic mass is 10.2. The number of hydrogen-bond donors (Lipinski definition) is 1. The van der Waals surface area contributed by atoms with Crippen molar-refractivity contribution < 1.29 is 9.18 Å². The second-order valence-corrected chi connectivity index (χ2v) is 5.03. The molecule has 1 N–H and O–H groups in total. The minimum absolute atomic E-state index is 0. The number of amides is 1. The average molecular weight is 301 g/mol. The Morgan fingerprint density at radius 3 is 2.45 bits per heavy atom. The van der Waals surface area contributed by atoms with Gasteiger partial charge in [-0.05, 0) is 38.1 Å². The van der Waals surface area contributed by atoms with Crippen molar-refractivity contribution in [1.82, 2.24) is 4.90 Å². The number of halogens is 2. The molecule has 0 aromatic heterocycles. The van der Waals surface area contributed by atoms with Crippen LogP contribution in [0.15, 0.2) is 24.3 Å². The van der Waals surface area contributed by atoms with Crippen LogP contribution >= 0.6 is 12.4 Å². The molecule has 1 heterocycles. The number of likely N-dealkylation sites (tertiary alicyclic amines) is 1. The number of nitrogens with one attached hydrogen (secondary N) is 1. The number of carbonyl (C=O) groups excluding carboxylic acids is 1. The Morgan fingerprint density at radius 1 is 1.15 bits per heavy atom. The van der Waals surface area contributed by atoms with Crippen LogP contribution in [-0.2, 0) is 4.79 Å². The molecule has 0 bridgehead atoms.